The summed E-state index contributed by atoms with van der Waals surface area (Å²) in [7, 11) is 0. The Labute approximate surface area is 139 Å². The third-order valence-corrected chi connectivity index (χ3v) is 4.04. The van der Waals surface area contributed by atoms with Crippen LogP contribution in [0, 0.1) is 6.92 Å². The van der Waals surface area contributed by atoms with Crippen LogP contribution in [0.5, 0.6) is 0 Å². The number of aromatic amines is 1. The Hall–Kier alpha value is -2.77. The van der Waals surface area contributed by atoms with Gasteiger partial charge in [-0.2, -0.15) is 0 Å². The Bertz CT molecular complexity index is 739. The van der Waals surface area contributed by atoms with Crippen LogP contribution in [0.1, 0.15) is 47.0 Å². The normalized spacial score (nSPS) is 17.1. The van der Waals surface area contributed by atoms with Gasteiger partial charge in [0.1, 0.15) is 11.5 Å². The number of likely N-dealkylation sites (tertiary alicyclic amines) is 1. The Morgan fingerprint density at radius 1 is 1.29 bits per heavy atom. The highest BCUT2D eigenvalue weighted by atomic mass is 16.2. The number of carbonyl (C=O) groups excluding carboxylic acids is 2. The minimum absolute atomic E-state index is 0.0806. The van der Waals surface area contributed by atoms with Gasteiger partial charge in [0, 0.05) is 32.1 Å². The molecule has 2 aromatic heterocycles. The van der Waals surface area contributed by atoms with Gasteiger partial charge in [-0.15, -0.1) is 0 Å². The van der Waals surface area contributed by atoms with Crippen molar-refractivity contribution in [3.05, 3.63) is 41.5 Å². The van der Waals surface area contributed by atoms with E-state index in [2.05, 4.69) is 25.3 Å². The number of hydrogen-bond acceptors (Lipinski definition) is 5. The number of H-pyrrole nitrogens is 1. The second-order valence-corrected chi connectivity index (χ2v) is 5.98. The van der Waals surface area contributed by atoms with Gasteiger partial charge in [0.2, 0.25) is 5.91 Å². The van der Waals surface area contributed by atoms with Gasteiger partial charge < -0.3 is 15.2 Å². The number of carbonyl (C=O) groups is 2. The van der Waals surface area contributed by atoms with Crippen LogP contribution in [0.4, 0.5) is 0 Å². The summed E-state index contributed by atoms with van der Waals surface area (Å²) in [5.74, 6) is 0.831. The highest BCUT2D eigenvalue weighted by molar-refractivity contribution is 5.92. The second kappa shape index (κ2) is 6.77. The maximum Gasteiger partial charge on any atom is 0.274 e. The molecule has 0 bridgehead atoms. The Kier molecular flexibility index (Phi) is 4.54. The first-order chi connectivity index (χ1) is 11.5. The quantitative estimate of drug-likeness (QED) is 0.863. The van der Waals surface area contributed by atoms with Crippen molar-refractivity contribution < 1.29 is 9.59 Å². The molecule has 1 aliphatic rings. The van der Waals surface area contributed by atoms with Crippen LogP contribution in [-0.4, -0.2) is 49.7 Å². The third kappa shape index (κ3) is 3.58. The van der Waals surface area contributed by atoms with Gasteiger partial charge in [0.05, 0.1) is 30.3 Å². The lowest BCUT2D eigenvalue weighted by molar-refractivity contribution is -0.119. The minimum atomic E-state index is -0.102. The van der Waals surface area contributed by atoms with Crippen molar-refractivity contribution in [2.24, 2.45) is 0 Å². The molecule has 2 amide bonds. The first-order valence-electron chi connectivity index (χ1n) is 7.89. The number of rotatable bonds is 4. The summed E-state index contributed by atoms with van der Waals surface area (Å²) < 4.78 is 0. The molecule has 126 valence electrons. The SMILES string of the molecule is CC(=O)NCc1cnc([C@@H]2CCN(C(=O)c3cnc(C)cn3)C2)[nH]1. The van der Waals surface area contributed by atoms with Crippen LogP contribution >= 0.6 is 0 Å². The average Bonchev–Trinajstić information content (AvgIpc) is 3.22. The molecule has 0 unspecified atom stereocenters. The van der Waals surface area contributed by atoms with Gasteiger partial charge in [-0.3, -0.25) is 14.6 Å². The number of hydrogen-bond donors (Lipinski definition) is 2. The van der Waals surface area contributed by atoms with E-state index in [1.807, 2.05) is 6.92 Å². The molecule has 24 heavy (non-hydrogen) atoms. The van der Waals surface area contributed by atoms with Crippen LogP contribution in [0.25, 0.3) is 0 Å². The zero-order valence-corrected chi connectivity index (χ0v) is 13.7. The molecule has 2 N–H and O–H groups in total. The highest BCUT2D eigenvalue weighted by Gasteiger charge is 2.30. The van der Waals surface area contributed by atoms with E-state index < -0.39 is 0 Å². The molecule has 1 atom stereocenters. The molecule has 3 heterocycles. The topological polar surface area (TPSA) is 104 Å². The zero-order chi connectivity index (χ0) is 17.1. The monoisotopic (exact) mass is 328 g/mol. The lowest BCUT2D eigenvalue weighted by Crippen LogP contribution is -2.29. The van der Waals surface area contributed by atoms with E-state index in [1.165, 1.54) is 13.1 Å². The van der Waals surface area contributed by atoms with Crippen molar-refractivity contribution in [3.8, 4) is 0 Å². The van der Waals surface area contributed by atoms with E-state index in [9.17, 15) is 9.59 Å². The maximum atomic E-state index is 12.5. The van der Waals surface area contributed by atoms with E-state index in [0.29, 0.717) is 25.3 Å². The molecular weight excluding hydrogens is 308 g/mol. The number of nitrogens with one attached hydrogen (secondary N) is 2. The summed E-state index contributed by atoms with van der Waals surface area (Å²) in [6.07, 6.45) is 5.68. The summed E-state index contributed by atoms with van der Waals surface area (Å²) in [6.45, 7) is 5.01. The van der Waals surface area contributed by atoms with Crippen LogP contribution in [0.15, 0.2) is 18.6 Å². The van der Waals surface area contributed by atoms with E-state index >= 15 is 0 Å². The molecular formula is C16H20N6O2. The van der Waals surface area contributed by atoms with Crippen molar-refractivity contribution in [2.75, 3.05) is 13.1 Å². The molecule has 1 aliphatic heterocycles. The molecule has 1 fully saturated rings. The van der Waals surface area contributed by atoms with Gasteiger partial charge in [0.25, 0.3) is 5.91 Å². The smallest absolute Gasteiger partial charge is 0.274 e. The molecule has 0 aliphatic carbocycles. The number of aromatic nitrogens is 4. The van der Waals surface area contributed by atoms with Gasteiger partial charge in [-0.1, -0.05) is 0 Å². The lowest BCUT2D eigenvalue weighted by atomic mass is 10.1. The molecule has 3 rings (SSSR count). The second-order valence-electron chi connectivity index (χ2n) is 5.98. The van der Waals surface area contributed by atoms with Gasteiger partial charge in [-0.05, 0) is 13.3 Å². The number of amides is 2. The van der Waals surface area contributed by atoms with Crippen LogP contribution in [-0.2, 0) is 11.3 Å². The van der Waals surface area contributed by atoms with Gasteiger partial charge in [0.15, 0.2) is 0 Å². The Balaban J connectivity index is 1.61. The minimum Gasteiger partial charge on any atom is -0.351 e. The Morgan fingerprint density at radius 2 is 2.12 bits per heavy atom. The fraction of sp³-hybridized carbons (Fsp3) is 0.438. The van der Waals surface area contributed by atoms with Crippen molar-refractivity contribution >= 4 is 11.8 Å². The van der Waals surface area contributed by atoms with Crippen LogP contribution < -0.4 is 5.32 Å². The van der Waals surface area contributed by atoms with Crippen LogP contribution in [0.3, 0.4) is 0 Å². The van der Waals surface area contributed by atoms with Crippen molar-refractivity contribution in [3.63, 3.8) is 0 Å². The summed E-state index contributed by atoms with van der Waals surface area (Å²) in [5.41, 5.74) is 2.01. The predicted molar refractivity (Wildman–Crippen MR) is 86.1 cm³/mol. The molecule has 0 aromatic carbocycles. The number of aryl methyl sites for hydroxylation is 1. The van der Waals surface area contributed by atoms with E-state index in [-0.39, 0.29) is 17.7 Å². The molecule has 8 heteroatoms. The molecule has 0 saturated carbocycles. The summed E-state index contributed by atoms with van der Waals surface area (Å²) in [6, 6.07) is 0. The number of imidazole rings is 1. The fourth-order valence-electron chi connectivity index (χ4n) is 2.73. The molecule has 2 aromatic rings. The number of nitrogens with zero attached hydrogens (tertiary/aromatic N) is 4. The van der Waals surface area contributed by atoms with Crippen molar-refractivity contribution in [2.45, 2.75) is 32.7 Å². The average molecular weight is 328 g/mol. The first-order valence-corrected chi connectivity index (χ1v) is 7.89. The summed E-state index contributed by atoms with van der Waals surface area (Å²) in [4.78, 5) is 41.1. The highest BCUT2D eigenvalue weighted by Crippen LogP contribution is 2.26. The van der Waals surface area contributed by atoms with Gasteiger partial charge in [-0.25, -0.2) is 9.97 Å². The van der Waals surface area contributed by atoms with Crippen molar-refractivity contribution in [1.82, 2.24) is 30.2 Å². The zero-order valence-electron chi connectivity index (χ0n) is 13.7. The Morgan fingerprint density at radius 3 is 2.83 bits per heavy atom. The van der Waals surface area contributed by atoms with Crippen LogP contribution in [0.2, 0.25) is 0 Å². The fourth-order valence-corrected chi connectivity index (χ4v) is 2.73. The van der Waals surface area contributed by atoms with Gasteiger partial charge >= 0.3 is 0 Å². The third-order valence-electron chi connectivity index (χ3n) is 4.04. The molecule has 1 saturated heterocycles. The van der Waals surface area contributed by atoms with E-state index in [0.717, 1.165) is 23.6 Å². The largest absolute Gasteiger partial charge is 0.351 e. The molecule has 0 radical (unpaired) electrons. The van der Waals surface area contributed by atoms with Crippen molar-refractivity contribution in [1.29, 1.82) is 0 Å². The first kappa shape index (κ1) is 16.1. The standard InChI is InChI=1S/C16H20N6O2/c1-10-5-19-14(8-17-10)16(24)22-4-3-12(9-22)15-20-7-13(21-15)6-18-11(2)23/h5,7-8,12H,3-4,6,9H2,1-2H3,(H,18,23)(H,20,21)/t12-/m1/s1. The van der Waals surface area contributed by atoms with E-state index in [1.54, 1.807) is 17.3 Å². The molecule has 8 nitrogen and oxygen atoms in total. The summed E-state index contributed by atoms with van der Waals surface area (Å²) >= 11 is 0. The molecule has 0 spiro atoms. The maximum absolute atomic E-state index is 12.5. The summed E-state index contributed by atoms with van der Waals surface area (Å²) in [5, 5.41) is 2.73. The van der Waals surface area contributed by atoms with E-state index in [4.69, 9.17) is 0 Å². The lowest BCUT2D eigenvalue weighted by Gasteiger charge is -2.15. The predicted octanol–water partition coefficient (Wildman–Crippen LogP) is 0.774.